The van der Waals surface area contributed by atoms with Crippen LogP contribution in [0.25, 0.3) is 40.9 Å². The van der Waals surface area contributed by atoms with Gasteiger partial charge >= 0.3 is 0 Å². The third-order valence-electron chi connectivity index (χ3n) is 7.71. The van der Waals surface area contributed by atoms with Gasteiger partial charge < -0.3 is 0 Å². The molecule has 0 aliphatic carbocycles. The zero-order valence-corrected chi connectivity index (χ0v) is 31.9. The van der Waals surface area contributed by atoms with Gasteiger partial charge in [0, 0.05) is 0 Å². The molecule has 8 aromatic rings. The molecule has 0 aliphatic rings. The van der Waals surface area contributed by atoms with Crippen LogP contribution in [0.2, 0.25) is 0 Å². The Hall–Kier alpha value is -3.56. The van der Waals surface area contributed by atoms with E-state index < -0.39 is 0 Å². The van der Waals surface area contributed by atoms with Gasteiger partial charge in [-0.1, -0.05) is 79.6 Å². The standard InChI is InChI=1S/4C10H11NS/c4*1-7(2)8-3-4-10-9(5-8)11-6-12-10/h4*3-7H,1-2H3/i6T;5T;4T;3T. The van der Waals surface area contributed by atoms with Crippen molar-refractivity contribution in [1.29, 1.82) is 0 Å². The fourth-order valence-electron chi connectivity index (χ4n) is 4.64. The summed E-state index contributed by atoms with van der Waals surface area (Å²) in [6.07, 6.45) is 0. The van der Waals surface area contributed by atoms with Crippen LogP contribution in [0.1, 0.15) is 107 Å². The SMILES string of the molecule is [3H]c1c(C(C)C)ccc2scnc12.[3H]c1cc(C(C)C)cc2ncsc12.[3H]c1cc2scnc2cc1C(C)C.[3H]c1nc2cc(C(C)C)ccc2s1. The van der Waals surface area contributed by atoms with Crippen molar-refractivity contribution < 1.29 is 5.48 Å². The summed E-state index contributed by atoms with van der Waals surface area (Å²) in [5.74, 6) is 1.80. The quantitative estimate of drug-likeness (QED) is 0.182. The zero-order chi connectivity index (χ0) is 37.7. The van der Waals surface area contributed by atoms with E-state index in [2.05, 4.69) is 106 Å². The topological polar surface area (TPSA) is 51.6 Å². The normalized spacial score (nSPS) is 12.4. The molecule has 4 aromatic carbocycles. The van der Waals surface area contributed by atoms with E-state index in [1.54, 1.807) is 33.7 Å². The Kier molecular flexibility index (Phi) is 10.6. The van der Waals surface area contributed by atoms with Gasteiger partial charge in [-0.05, 0) is 94.4 Å². The lowest BCUT2D eigenvalue weighted by Crippen LogP contribution is -1.85. The summed E-state index contributed by atoms with van der Waals surface area (Å²) in [6.45, 7) is 17.0. The first-order chi connectivity index (χ1) is 24.7. The van der Waals surface area contributed by atoms with Crippen molar-refractivity contribution in [3.8, 4) is 0 Å². The highest BCUT2D eigenvalue weighted by atomic mass is 32.1. The number of benzene rings is 4. The fraction of sp³-hybridized carbons (Fsp3) is 0.300. The predicted molar refractivity (Wildman–Crippen MR) is 215 cm³/mol. The summed E-state index contributed by atoms with van der Waals surface area (Å²) in [6, 6.07) is 20.1. The number of nitrogens with zero attached hydrogens (tertiary/aromatic N) is 4. The number of fused-ring (bicyclic) bond motifs is 4. The van der Waals surface area contributed by atoms with E-state index in [0.717, 1.165) is 52.0 Å². The molecular formula is C40H44N4S4. The Balaban J connectivity index is 0.000000134. The van der Waals surface area contributed by atoms with Crippen LogP contribution in [0.3, 0.4) is 0 Å². The Bertz CT molecular complexity index is 2400. The van der Waals surface area contributed by atoms with Gasteiger partial charge in [0.25, 0.3) is 0 Å². The number of rotatable bonds is 4. The first-order valence-electron chi connectivity index (χ1n) is 18.1. The Morgan fingerprint density at radius 2 is 0.896 bits per heavy atom. The minimum absolute atomic E-state index is 0.399. The van der Waals surface area contributed by atoms with Gasteiger partial charge in [-0.2, -0.15) is 0 Å². The van der Waals surface area contributed by atoms with Crippen molar-refractivity contribution in [2.75, 3.05) is 0 Å². The van der Waals surface area contributed by atoms with Crippen molar-refractivity contribution in [2.45, 2.75) is 79.1 Å². The molecule has 0 aliphatic heterocycles. The lowest BCUT2D eigenvalue weighted by atomic mass is 10.0. The van der Waals surface area contributed by atoms with Gasteiger partial charge in [-0.3, -0.25) is 0 Å². The first kappa shape index (κ1) is 30.5. The molecule has 4 heterocycles. The molecule has 0 saturated carbocycles. The van der Waals surface area contributed by atoms with E-state index >= 15 is 0 Å². The molecule has 8 rings (SSSR count). The summed E-state index contributed by atoms with van der Waals surface area (Å²) < 4.78 is 35.2. The molecule has 0 spiro atoms. The maximum Gasteiger partial charge on any atom is 0.0960 e. The van der Waals surface area contributed by atoms with Crippen LogP contribution in [0.4, 0.5) is 0 Å². The average Bonchev–Trinajstić information content (AvgIpc) is 3.91. The highest BCUT2D eigenvalue weighted by molar-refractivity contribution is 7.17. The van der Waals surface area contributed by atoms with Crippen LogP contribution in [-0.2, 0) is 0 Å². The summed E-state index contributed by atoms with van der Waals surface area (Å²) in [4.78, 5) is 16.8. The van der Waals surface area contributed by atoms with E-state index in [1.165, 1.54) is 33.8 Å². The van der Waals surface area contributed by atoms with Crippen molar-refractivity contribution in [3.63, 3.8) is 0 Å². The van der Waals surface area contributed by atoms with E-state index in [4.69, 9.17) is 5.48 Å². The van der Waals surface area contributed by atoms with Crippen LogP contribution in [0.5, 0.6) is 0 Å². The van der Waals surface area contributed by atoms with E-state index in [1.807, 2.05) is 29.8 Å². The minimum atomic E-state index is 0.399. The molecule has 4 aromatic heterocycles. The Labute approximate surface area is 306 Å². The lowest BCUT2D eigenvalue weighted by molar-refractivity contribution is 0.868. The summed E-state index contributed by atoms with van der Waals surface area (Å²) in [5.41, 5.74) is 14.3. The van der Waals surface area contributed by atoms with Crippen molar-refractivity contribution in [2.24, 2.45) is 0 Å². The minimum Gasteiger partial charge on any atom is -0.245 e. The maximum absolute atomic E-state index is 7.93. The number of aromatic nitrogens is 4. The molecule has 248 valence electrons. The maximum atomic E-state index is 7.93. The van der Waals surface area contributed by atoms with Crippen LogP contribution in [0, 0.1) is 0 Å². The van der Waals surface area contributed by atoms with Gasteiger partial charge in [0.05, 0.1) is 68.4 Å². The number of hydrogen-bond donors (Lipinski definition) is 0. The number of hydrogen-bond acceptors (Lipinski definition) is 8. The average molecular weight is 717 g/mol. The summed E-state index contributed by atoms with van der Waals surface area (Å²) in [5, 5.41) is 0. The van der Waals surface area contributed by atoms with Crippen molar-refractivity contribution in [3.05, 3.63) is 117 Å². The molecule has 0 N–H and O–H groups in total. The van der Waals surface area contributed by atoms with Crippen LogP contribution in [-0.4, -0.2) is 19.9 Å². The highest BCUT2D eigenvalue weighted by Crippen LogP contribution is 2.25. The second kappa shape index (κ2) is 16.7. The third-order valence-corrected chi connectivity index (χ3v) is 10.8. The second-order valence-electron chi connectivity index (χ2n) is 12.6. The molecular weight excluding hydrogens is 665 g/mol. The summed E-state index contributed by atoms with van der Waals surface area (Å²) in [7, 11) is 0. The second-order valence-corrected chi connectivity index (χ2v) is 16.1. The zero-order valence-electron chi connectivity index (χ0n) is 32.7. The molecule has 4 nitrogen and oxygen atoms in total. The first-order valence-corrected chi connectivity index (χ1v) is 19.6. The molecule has 0 atom stereocenters. The molecule has 48 heavy (non-hydrogen) atoms. The predicted octanol–water partition coefficient (Wildman–Crippen LogP) is 13.7. The van der Waals surface area contributed by atoms with Crippen LogP contribution < -0.4 is 0 Å². The number of thiazole rings is 4. The van der Waals surface area contributed by atoms with Gasteiger partial charge in [0.15, 0.2) is 0 Å². The molecule has 0 bridgehead atoms. The molecule has 0 radical (unpaired) electrons. The van der Waals surface area contributed by atoms with Gasteiger partial charge in [0.2, 0.25) is 0 Å². The monoisotopic (exact) mass is 716 g/mol. The van der Waals surface area contributed by atoms with Crippen molar-refractivity contribution in [1.82, 2.24) is 19.9 Å². The molecule has 8 heteroatoms. The summed E-state index contributed by atoms with van der Waals surface area (Å²) >= 11 is 6.15. The van der Waals surface area contributed by atoms with E-state index in [0.29, 0.717) is 47.3 Å². The largest absolute Gasteiger partial charge is 0.245 e. The van der Waals surface area contributed by atoms with E-state index in [9.17, 15) is 0 Å². The Morgan fingerprint density at radius 3 is 1.52 bits per heavy atom. The molecule has 0 amide bonds. The van der Waals surface area contributed by atoms with Gasteiger partial charge in [-0.15, -0.1) is 45.3 Å². The fourth-order valence-corrected chi connectivity index (χ4v) is 7.13. The van der Waals surface area contributed by atoms with Crippen molar-refractivity contribution >= 4 is 86.2 Å². The molecule has 0 fully saturated rings. The lowest BCUT2D eigenvalue weighted by Gasteiger charge is -2.03. The van der Waals surface area contributed by atoms with Crippen LogP contribution in [0.15, 0.2) is 94.7 Å². The molecule has 0 saturated heterocycles. The van der Waals surface area contributed by atoms with Gasteiger partial charge in [-0.25, -0.2) is 19.9 Å². The smallest absolute Gasteiger partial charge is 0.0960 e. The van der Waals surface area contributed by atoms with Crippen LogP contribution >= 0.6 is 45.3 Å². The van der Waals surface area contributed by atoms with E-state index in [-0.39, 0.29) is 0 Å². The third kappa shape index (κ3) is 9.32. The van der Waals surface area contributed by atoms with Gasteiger partial charge in [0.1, 0.15) is 0 Å². The Morgan fingerprint density at radius 1 is 0.438 bits per heavy atom. The highest BCUT2D eigenvalue weighted by Gasteiger charge is 2.04. The molecule has 0 unspecified atom stereocenters.